The van der Waals surface area contributed by atoms with Gasteiger partial charge in [-0.2, -0.15) is 0 Å². The van der Waals surface area contributed by atoms with E-state index in [0.29, 0.717) is 11.1 Å². The van der Waals surface area contributed by atoms with E-state index in [9.17, 15) is 68.7 Å². The summed E-state index contributed by atoms with van der Waals surface area (Å²) >= 11 is 0. The molecule has 0 unspecified atom stereocenters. The number of carboxylic acid groups (broad SMARTS) is 1. The fourth-order valence-electron chi connectivity index (χ4n) is 8.49. The first-order valence-electron chi connectivity index (χ1n) is 26.9. The molecule has 23 heteroatoms. The number of carboxylic acids is 1. The van der Waals surface area contributed by atoms with Crippen molar-refractivity contribution in [3.05, 3.63) is 95.6 Å². The van der Waals surface area contributed by atoms with Crippen molar-refractivity contribution >= 4 is 53.2 Å². The first-order valence-corrected chi connectivity index (χ1v) is 26.9. The van der Waals surface area contributed by atoms with Crippen molar-refractivity contribution in [3.63, 3.8) is 0 Å². The van der Waals surface area contributed by atoms with Crippen molar-refractivity contribution in [1.29, 1.82) is 0 Å². The summed E-state index contributed by atoms with van der Waals surface area (Å²) < 4.78 is 0. The Kier molecular flexibility index (Phi) is 27.6. The molecule has 0 aliphatic carbocycles. The van der Waals surface area contributed by atoms with Gasteiger partial charge in [-0.1, -0.05) is 110 Å². The predicted molar refractivity (Wildman–Crippen MR) is 297 cm³/mol. The van der Waals surface area contributed by atoms with Gasteiger partial charge in [0, 0.05) is 12.8 Å². The molecule has 80 heavy (non-hydrogen) atoms. The summed E-state index contributed by atoms with van der Waals surface area (Å²) in [4.78, 5) is 123. The maximum absolute atomic E-state index is 14.3. The van der Waals surface area contributed by atoms with Crippen LogP contribution in [-0.4, -0.2) is 146 Å². The van der Waals surface area contributed by atoms with Gasteiger partial charge in [0.15, 0.2) is 0 Å². The third kappa shape index (κ3) is 23.4. The molecule has 440 valence electrons. The number of nitrogens with one attached hydrogen (secondary N) is 8. The Morgan fingerprint density at radius 3 is 0.950 bits per heavy atom. The summed E-state index contributed by atoms with van der Waals surface area (Å²) in [5, 5.41) is 70.6. The maximum atomic E-state index is 14.3. The average molecular weight is 1120 g/mol. The largest absolute Gasteiger partial charge is 0.508 e. The summed E-state index contributed by atoms with van der Waals surface area (Å²) in [5.74, 6) is -9.14. The summed E-state index contributed by atoms with van der Waals surface area (Å²) in [6.45, 7) is 12.3. The van der Waals surface area contributed by atoms with E-state index in [1.807, 2.05) is 6.07 Å². The number of hydrogen-bond acceptors (Lipinski definition) is 14. The zero-order valence-corrected chi connectivity index (χ0v) is 46.9. The number of nitrogens with two attached hydrogens (primary N) is 1. The van der Waals surface area contributed by atoms with Gasteiger partial charge in [0.2, 0.25) is 47.3 Å². The van der Waals surface area contributed by atoms with Crippen LogP contribution in [0.15, 0.2) is 78.9 Å². The van der Waals surface area contributed by atoms with Crippen molar-refractivity contribution < 1.29 is 68.7 Å². The Morgan fingerprint density at radius 1 is 0.362 bits per heavy atom. The third-order valence-corrected chi connectivity index (χ3v) is 12.6. The number of benzene rings is 3. The zero-order chi connectivity index (χ0) is 59.8. The number of aliphatic carboxylic acids is 1. The monoisotopic (exact) mass is 1120 g/mol. The third-order valence-electron chi connectivity index (χ3n) is 12.6. The van der Waals surface area contributed by atoms with Crippen LogP contribution in [-0.2, 0) is 62.4 Å². The quantitative estimate of drug-likeness (QED) is 0.0397. The van der Waals surface area contributed by atoms with E-state index in [1.54, 1.807) is 79.7 Å². The summed E-state index contributed by atoms with van der Waals surface area (Å²) in [6, 6.07) is 8.13. The van der Waals surface area contributed by atoms with Crippen LogP contribution in [0, 0.1) is 23.7 Å². The molecular weight excluding hydrogens is 1030 g/mol. The second-order valence-corrected chi connectivity index (χ2v) is 21.7. The van der Waals surface area contributed by atoms with Gasteiger partial charge in [-0.05, 0) is 96.7 Å². The van der Waals surface area contributed by atoms with Gasteiger partial charge in [-0.25, -0.2) is 4.79 Å². The van der Waals surface area contributed by atoms with Gasteiger partial charge in [0.25, 0.3) is 0 Å². The highest BCUT2D eigenvalue weighted by Gasteiger charge is 2.36. The number of phenols is 2. The molecule has 0 radical (unpaired) electrons. The fourth-order valence-corrected chi connectivity index (χ4v) is 8.49. The molecule has 8 amide bonds. The molecule has 3 rings (SSSR count). The first kappa shape index (κ1) is 66.6. The van der Waals surface area contributed by atoms with Crippen molar-refractivity contribution in [3.8, 4) is 11.5 Å². The van der Waals surface area contributed by atoms with Gasteiger partial charge in [-0.15, -0.1) is 0 Å². The number of rotatable bonds is 33. The van der Waals surface area contributed by atoms with Gasteiger partial charge in [-0.3, -0.25) is 38.4 Å². The number of amides is 8. The molecule has 0 heterocycles. The minimum Gasteiger partial charge on any atom is -0.508 e. The summed E-state index contributed by atoms with van der Waals surface area (Å²) in [7, 11) is 0. The number of aliphatic hydroxyl groups is 2. The molecule has 0 bridgehead atoms. The molecule has 0 saturated carbocycles. The molecule has 9 atom stereocenters. The Bertz CT molecular complexity index is 2510. The second kappa shape index (κ2) is 33.1. The maximum Gasteiger partial charge on any atom is 0.326 e. The van der Waals surface area contributed by atoms with E-state index in [4.69, 9.17) is 5.73 Å². The topological polar surface area (TPSA) is 377 Å². The fraction of sp³-hybridized carbons (Fsp3) is 0.526. The van der Waals surface area contributed by atoms with E-state index in [0.717, 1.165) is 5.56 Å². The predicted octanol–water partition coefficient (Wildman–Crippen LogP) is 0.585. The highest BCUT2D eigenvalue weighted by Crippen LogP contribution is 2.16. The van der Waals surface area contributed by atoms with Crippen LogP contribution < -0.4 is 48.3 Å². The molecule has 15 N–H and O–H groups in total. The molecule has 0 fully saturated rings. The number of phenolic OH excluding ortho intramolecular Hbond substituents is 2. The highest BCUT2D eigenvalue weighted by atomic mass is 16.4. The normalized spacial score (nSPS) is 14.7. The Balaban J connectivity index is 1.85. The minimum absolute atomic E-state index is 0.0261. The van der Waals surface area contributed by atoms with Gasteiger partial charge < -0.3 is 73.8 Å². The molecule has 0 spiro atoms. The van der Waals surface area contributed by atoms with Crippen LogP contribution in [0.5, 0.6) is 11.5 Å². The average Bonchev–Trinajstić information content (AvgIpc) is 3.41. The number of hydrogen-bond donors (Lipinski definition) is 14. The number of carbonyl (C=O) groups is 9. The molecule has 0 aliphatic rings. The van der Waals surface area contributed by atoms with Crippen molar-refractivity contribution in [2.24, 2.45) is 29.4 Å². The number of aliphatic hydroxyl groups excluding tert-OH is 2. The second-order valence-electron chi connectivity index (χ2n) is 21.7. The molecule has 0 aliphatic heterocycles. The molecule has 0 saturated heterocycles. The van der Waals surface area contributed by atoms with E-state index >= 15 is 0 Å². The smallest absolute Gasteiger partial charge is 0.326 e. The highest BCUT2D eigenvalue weighted by molar-refractivity contribution is 5.98. The Hall–Kier alpha value is -7.63. The van der Waals surface area contributed by atoms with Crippen LogP contribution >= 0.6 is 0 Å². The van der Waals surface area contributed by atoms with Gasteiger partial charge in [0.05, 0.1) is 19.3 Å². The zero-order valence-electron chi connectivity index (χ0n) is 46.9. The van der Waals surface area contributed by atoms with Crippen LogP contribution in [0.3, 0.4) is 0 Å². The van der Waals surface area contributed by atoms with E-state index < -0.39 is 121 Å². The van der Waals surface area contributed by atoms with E-state index in [-0.39, 0.29) is 80.1 Å². The lowest BCUT2D eigenvalue weighted by Crippen LogP contribution is -2.61. The Morgan fingerprint density at radius 2 is 0.625 bits per heavy atom. The SMILES string of the molecule is CC(C)C[C@H](NC(=O)[C@H](CO)NC(=O)[C@H](Cc1ccc(O)cc1)NC(=O)[C@H](CC(C)C)NC(=O)[C@H](CC(C)C)NC(=O)[C@H](CC(C)C)NC(=O)[C@H](CO)NC(=O)[C@H](Cc1ccc(O)cc1)NC(=O)[C@@H](N)Cc1ccccc1)C(=O)O. The summed E-state index contributed by atoms with van der Waals surface area (Å²) in [6.07, 6.45) is -0.00654. The standard InChI is InChI=1S/C57H83N9O14/c1-31(2)22-41(50(72)61-42(23-32(3)4)52(74)63-45(28-37-16-20-39(70)21-17-37)54(76)66-48(30-68)56(78)64-46(57(79)80)25-34(7)8)60-51(73)43(24-33(5)6)62-55(77)47(29-67)65-53(75)44(27-36-14-18-38(69)19-15-36)59-49(71)40(58)26-35-12-10-9-11-13-35/h9-21,31-34,40-48,67-70H,22-30,58H2,1-8H3,(H,59,71)(H,60,73)(H,61,72)(H,62,77)(H,63,74)(H,64,78)(H,65,75)(H,66,76)(H,79,80)/t40-,41-,42-,43-,44-,45-,46-,47-,48-/m0/s1. The number of carbonyl (C=O) groups excluding carboxylic acids is 8. The van der Waals surface area contributed by atoms with Crippen LogP contribution in [0.1, 0.15) is 97.8 Å². The lowest BCUT2D eigenvalue weighted by atomic mass is 9.98. The van der Waals surface area contributed by atoms with Crippen LogP contribution in [0.4, 0.5) is 0 Å². The summed E-state index contributed by atoms with van der Waals surface area (Å²) in [5.41, 5.74) is 7.99. The van der Waals surface area contributed by atoms with E-state index in [2.05, 4.69) is 42.5 Å². The van der Waals surface area contributed by atoms with Crippen molar-refractivity contribution in [2.75, 3.05) is 13.2 Å². The van der Waals surface area contributed by atoms with Crippen LogP contribution in [0.2, 0.25) is 0 Å². The minimum atomic E-state index is -1.64. The van der Waals surface area contributed by atoms with Crippen molar-refractivity contribution in [2.45, 2.75) is 155 Å². The molecular formula is C57H83N9O14. The Labute approximate surface area is 467 Å². The lowest BCUT2D eigenvalue weighted by Gasteiger charge is -2.29. The molecule has 23 nitrogen and oxygen atoms in total. The van der Waals surface area contributed by atoms with Crippen molar-refractivity contribution in [1.82, 2.24) is 42.5 Å². The van der Waals surface area contributed by atoms with Gasteiger partial charge in [0.1, 0.15) is 59.8 Å². The first-order chi connectivity index (χ1) is 37.7. The van der Waals surface area contributed by atoms with Gasteiger partial charge >= 0.3 is 5.97 Å². The van der Waals surface area contributed by atoms with Crippen LogP contribution in [0.25, 0.3) is 0 Å². The number of aromatic hydroxyl groups is 2. The molecule has 0 aromatic heterocycles. The van der Waals surface area contributed by atoms with E-state index in [1.165, 1.54) is 48.5 Å². The lowest BCUT2D eigenvalue weighted by molar-refractivity contribution is -0.143. The molecule has 3 aromatic rings. The molecule has 3 aromatic carbocycles.